The van der Waals surface area contributed by atoms with Gasteiger partial charge in [0, 0.05) is 13.0 Å². The van der Waals surface area contributed by atoms with Crippen LogP contribution in [-0.4, -0.2) is 40.2 Å². The topological polar surface area (TPSA) is 102 Å². The Kier molecular flexibility index (Phi) is 8.66. The van der Waals surface area contributed by atoms with E-state index in [1.807, 2.05) is 44.2 Å². The molecular weight excluding hydrogens is 508 g/mol. The van der Waals surface area contributed by atoms with Gasteiger partial charge in [-0.2, -0.15) is 0 Å². The summed E-state index contributed by atoms with van der Waals surface area (Å²) < 4.78 is 17.1. The van der Waals surface area contributed by atoms with Gasteiger partial charge in [0.2, 0.25) is 5.89 Å². The number of oxazole rings is 1. The molecule has 1 amide bonds. The Morgan fingerprint density at radius 2 is 1.76 bits per heavy atom. The van der Waals surface area contributed by atoms with Gasteiger partial charge in [0.05, 0.1) is 22.9 Å². The van der Waals surface area contributed by atoms with Crippen molar-refractivity contribution in [1.29, 1.82) is 0 Å². The predicted molar refractivity (Wildman–Crippen MR) is 143 cm³/mol. The quantitative estimate of drug-likeness (QED) is 0.254. The van der Waals surface area contributed by atoms with Gasteiger partial charge in [-0.25, -0.2) is 9.78 Å². The maximum Gasteiger partial charge on any atom is 0.416 e. The van der Waals surface area contributed by atoms with Crippen molar-refractivity contribution < 1.29 is 28.6 Å². The Labute approximate surface area is 225 Å². The SMILES string of the molecule is Cc1ccc(OC(=O)N(CC(=O)O)Cc2cccc(OCCc3nc(-c4ccccc4Cl)oc3C)c2)cc1. The minimum absolute atomic E-state index is 0.0395. The van der Waals surface area contributed by atoms with Crippen LogP contribution in [0.3, 0.4) is 0 Å². The van der Waals surface area contributed by atoms with Crippen molar-refractivity contribution in [3.05, 3.63) is 100 Å². The number of benzene rings is 3. The third-order valence-corrected chi connectivity index (χ3v) is 6.02. The Bertz CT molecular complexity index is 1420. The maximum absolute atomic E-state index is 12.7. The summed E-state index contributed by atoms with van der Waals surface area (Å²) in [6.45, 7) is 3.64. The molecule has 0 fully saturated rings. The molecule has 0 spiro atoms. The number of aryl methyl sites for hydroxylation is 2. The van der Waals surface area contributed by atoms with Crippen molar-refractivity contribution >= 4 is 23.7 Å². The first kappa shape index (κ1) is 26.8. The minimum atomic E-state index is -1.14. The highest BCUT2D eigenvalue weighted by molar-refractivity contribution is 6.33. The largest absolute Gasteiger partial charge is 0.493 e. The van der Waals surface area contributed by atoms with E-state index in [9.17, 15) is 14.7 Å². The fourth-order valence-corrected chi connectivity index (χ4v) is 3.97. The van der Waals surface area contributed by atoms with Crippen LogP contribution >= 0.6 is 11.6 Å². The second kappa shape index (κ2) is 12.3. The van der Waals surface area contributed by atoms with Crippen molar-refractivity contribution in [2.24, 2.45) is 0 Å². The van der Waals surface area contributed by atoms with E-state index in [-0.39, 0.29) is 6.54 Å². The van der Waals surface area contributed by atoms with Crippen LogP contribution in [0.4, 0.5) is 4.79 Å². The van der Waals surface area contributed by atoms with E-state index in [1.54, 1.807) is 42.5 Å². The average molecular weight is 535 g/mol. The molecular formula is C29H27ClN2O6. The highest BCUT2D eigenvalue weighted by Gasteiger charge is 2.20. The Morgan fingerprint density at radius 1 is 1.00 bits per heavy atom. The molecule has 1 aromatic heterocycles. The van der Waals surface area contributed by atoms with Gasteiger partial charge in [0.15, 0.2) is 0 Å². The van der Waals surface area contributed by atoms with Gasteiger partial charge >= 0.3 is 12.1 Å². The molecule has 0 aliphatic carbocycles. The molecule has 0 aliphatic rings. The maximum atomic E-state index is 12.7. The lowest BCUT2D eigenvalue weighted by Crippen LogP contribution is -2.37. The zero-order valence-electron chi connectivity index (χ0n) is 21.0. The van der Waals surface area contributed by atoms with Crippen LogP contribution in [0.15, 0.2) is 77.2 Å². The Hall–Kier alpha value is -4.30. The highest BCUT2D eigenvalue weighted by Crippen LogP contribution is 2.28. The van der Waals surface area contributed by atoms with Crippen LogP contribution < -0.4 is 9.47 Å². The van der Waals surface area contributed by atoms with Gasteiger partial charge in [-0.05, 0) is 55.8 Å². The van der Waals surface area contributed by atoms with Gasteiger partial charge in [0.25, 0.3) is 0 Å². The summed E-state index contributed by atoms with van der Waals surface area (Å²) in [5.74, 6) is 0.929. The molecule has 8 nitrogen and oxygen atoms in total. The van der Waals surface area contributed by atoms with Crippen molar-refractivity contribution in [3.63, 3.8) is 0 Å². The number of aromatic nitrogens is 1. The number of carboxylic acid groups (broad SMARTS) is 1. The molecule has 4 aromatic rings. The molecule has 38 heavy (non-hydrogen) atoms. The van der Waals surface area contributed by atoms with Crippen LogP contribution in [0, 0.1) is 13.8 Å². The molecule has 196 valence electrons. The normalized spacial score (nSPS) is 10.7. The standard InChI is InChI=1S/C29H27ClN2O6/c1-19-10-12-22(13-11-19)38-29(35)32(18-27(33)34)17-21-6-5-7-23(16-21)36-15-14-26-20(2)37-28(31-26)24-8-3-4-9-25(24)30/h3-13,16H,14-15,17-18H2,1-2H3,(H,33,34). The number of ether oxygens (including phenoxy) is 2. The lowest BCUT2D eigenvalue weighted by atomic mass is 10.2. The second-order valence-corrected chi connectivity index (χ2v) is 9.09. The summed E-state index contributed by atoms with van der Waals surface area (Å²) in [7, 11) is 0. The summed E-state index contributed by atoms with van der Waals surface area (Å²) in [6, 6.07) is 21.4. The molecule has 3 aromatic carbocycles. The zero-order chi connectivity index (χ0) is 27.1. The lowest BCUT2D eigenvalue weighted by molar-refractivity contribution is -0.138. The molecule has 1 N–H and O–H groups in total. The van der Waals surface area contributed by atoms with E-state index < -0.39 is 18.6 Å². The molecule has 0 bridgehead atoms. The van der Waals surface area contributed by atoms with Crippen LogP contribution in [0.25, 0.3) is 11.5 Å². The number of hydrogen-bond acceptors (Lipinski definition) is 6. The molecule has 0 radical (unpaired) electrons. The summed E-state index contributed by atoms with van der Waals surface area (Å²) in [4.78, 5) is 29.8. The molecule has 1 heterocycles. The summed E-state index contributed by atoms with van der Waals surface area (Å²) in [6.07, 6.45) is -0.240. The van der Waals surface area contributed by atoms with E-state index in [1.165, 1.54) is 0 Å². The number of carboxylic acids is 1. The minimum Gasteiger partial charge on any atom is -0.493 e. The number of aliphatic carboxylic acids is 1. The van der Waals surface area contributed by atoms with Crippen molar-refractivity contribution in [2.45, 2.75) is 26.8 Å². The van der Waals surface area contributed by atoms with E-state index in [4.69, 9.17) is 25.5 Å². The zero-order valence-corrected chi connectivity index (χ0v) is 21.8. The van der Waals surface area contributed by atoms with Crippen molar-refractivity contribution in [1.82, 2.24) is 9.88 Å². The molecule has 9 heteroatoms. The van der Waals surface area contributed by atoms with E-state index in [2.05, 4.69) is 4.98 Å². The molecule has 0 aliphatic heterocycles. The lowest BCUT2D eigenvalue weighted by Gasteiger charge is -2.20. The fourth-order valence-electron chi connectivity index (χ4n) is 3.75. The van der Waals surface area contributed by atoms with Crippen LogP contribution in [0.2, 0.25) is 5.02 Å². The van der Waals surface area contributed by atoms with Gasteiger partial charge in [-0.1, -0.05) is 53.6 Å². The Balaban J connectivity index is 1.37. The van der Waals surface area contributed by atoms with E-state index in [0.717, 1.165) is 21.7 Å². The number of carbonyl (C=O) groups is 2. The molecule has 0 unspecified atom stereocenters. The number of amides is 1. The van der Waals surface area contributed by atoms with Gasteiger partial charge in [-0.15, -0.1) is 0 Å². The number of rotatable bonds is 10. The molecule has 0 saturated heterocycles. The van der Waals surface area contributed by atoms with E-state index >= 15 is 0 Å². The monoisotopic (exact) mass is 534 g/mol. The van der Waals surface area contributed by atoms with Gasteiger partial charge < -0.3 is 19.0 Å². The summed E-state index contributed by atoms with van der Waals surface area (Å²) in [5.41, 5.74) is 3.21. The Morgan fingerprint density at radius 3 is 2.50 bits per heavy atom. The summed E-state index contributed by atoms with van der Waals surface area (Å²) in [5, 5.41) is 9.87. The molecule has 4 rings (SSSR count). The first-order valence-corrected chi connectivity index (χ1v) is 12.3. The van der Waals surface area contributed by atoms with Crippen molar-refractivity contribution in [3.8, 4) is 23.0 Å². The fraction of sp³-hybridized carbons (Fsp3) is 0.207. The first-order chi connectivity index (χ1) is 18.3. The number of hydrogen-bond donors (Lipinski definition) is 1. The molecule has 0 atom stereocenters. The highest BCUT2D eigenvalue weighted by atomic mass is 35.5. The number of nitrogens with zero attached hydrogens (tertiary/aromatic N) is 2. The molecule has 0 saturated carbocycles. The first-order valence-electron chi connectivity index (χ1n) is 12.0. The smallest absolute Gasteiger partial charge is 0.416 e. The van der Waals surface area contributed by atoms with Crippen LogP contribution in [0.5, 0.6) is 11.5 Å². The predicted octanol–water partition coefficient (Wildman–Crippen LogP) is 6.32. The number of halogens is 1. The third-order valence-electron chi connectivity index (χ3n) is 5.69. The summed E-state index contributed by atoms with van der Waals surface area (Å²) >= 11 is 6.26. The van der Waals surface area contributed by atoms with Crippen LogP contribution in [-0.2, 0) is 17.8 Å². The van der Waals surface area contributed by atoms with Crippen LogP contribution in [0.1, 0.15) is 22.6 Å². The third kappa shape index (κ3) is 7.14. The number of carbonyl (C=O) groups excluding carboxylic acids is 1. The second-order valence-electron chi connectivity index (χ2n) is 8.68. The van der Waals surface area contributed by atoms with E-state index in [0.29, 0.717) is 46.8 Å². The average Bonchev–Trinajstić information content (AvgIpc) is 3.25. The van der Waals surface area contributed by atoms with Crippen molar-refractivity contribution in [2.75, 3.05) is 13.2 Å². The van der Waals surface area contributed by atoms with Gasteiger partial charge in [-0.3, -0.25) is 9.69 Å². The van der Waals surface area contributed by atoms with Gasteiger partial charge in [0.1, 0.15) is 23.8 Å².